The number of anilines is 1. The fraction of sp³-hybridized carbons (Fsp3) is 0.300. The second-order valence-electron chi connectivity index (χ2n) is 8.00. The van der Waals surface area contributed by atoms with Crippen LogP contribution in [0.15, 0.2) is 37.8 Å². The number of hydrogen-bond donors (Lipinski definition) is 4. The summed E-state index contributed by atoms with van der Waals surface area (Å²) in [6.07, 6.45) is 0. The normalized spacial score (nSPS) is 19.4. The molecule has 0 aromatic carbocycles. The number of carbonyl (C=O) groups is 3. The van der Waals surface area contributed by atoms with E-state index in [1.54, 1.807) is 6.92 Å². The van der Waals surface area contributed by atoms with Gasteiger partial charge in [-0.2, -0.15) is 9.50 Å². The third-order valence-corrected chi connectivity index (χ3v) is 8.48. The molecule has 198 valence electrons. The Morgan fingerprint density at radius 1 is 1.37 bits per heavy atom. The molecule has 5 rings (SSSR count). The highest BCUT2D eigenvalue weighted by molar-refractivity contribution is 8.01. The van der Waals surface area contributed by atoms with Crippen molar-refractivity contribution in [1.82, 2.24) is 34.8 Å². The van der Waals surface area contributed by atoms with Gasteiger partial charge >= 0.3 is 5.97 Å². The van der Waals surface area contributed by atoms with Crippen molar-refractivity contribution in [3.05, 3.63) is 44.5 Å². The number of carbonyl (C=O) groups excluding carboxylic acids is 2. The van der Waals surface area contributed by atoms with Gasteiger partial charge in [0.15, 0.2) is 16.0 Å². The van der Waals surface area contributed by atoms with Gasteiger partial charge in [-0.25, -0.2) is 14.8 Å². The molecule has 0 saturated carbocycles. The minimum atomic E-state index is -1.26. The Labute approximate surface area is 225 Å². The number of hydrogen-bond acceptors (Lipinski definition) is 13. The van der Waals surface area contributed by atoms with E-state index in [0.29, 0.717) is 22.2 Å². The maximum absolute atomic E-state index is 13.0. The van der Waals surface area contributed by atoms with Crippen LogP contribution in [0.3, 0.4) is 0 Å². The number of H-pyrrole nitrogens is 1. The van der Waals surface area contributed by atoms with Crippen molar-refractivity contribution in [3.8, 4) is 0 Å². The number of aryl methyl sites for hydroxylation is 1. The maximum atomic E-state index is 13.0. The van der Waals surface area contributed by atoms with Crippen LogP contribution < -0.4 is 16.6 Å². The number of thioether (sulfide) groups is 2. The molecule has 0 radical (unpaired) electrons. The van der Waals surface area contributed by atoms with Crippen LogP contribution in [0.25, 0.3) is 5.78 Å². The van der Waals surface area contributed by atoms with Gasteiger partial charge in [-0.15, -0.1) is 23.1 Å². The molecule has 2 atom stereocenters. The van der Waals surface area contributed by atoms with Crippen molar-refractivity contribution >= 4 is 69.3 Å². The van der Waals surface area contributed by atoms with Crippen LogP contribution in [-0.2, 0) is 19.2 Å². The number of aromatic nitrogens is 5. The second kappa shape index (κ2) is 10.1. The van der Waals surface area contributed by atoms with E-state index in [4.69, 9.17) is 10.6 Å². The van der Waals surface area contributed by atoms with Crippen LogP contribution in [0.2, 0.25) is 0 Å². The van der Waals surface area contributed by atoms with Gasteiger partial charge in [-0.3, -0.25) is 24.4 Å². The van der Waals surface area contributed by atoms with Gasteiger partial charge in [-0.05, 0) is 12.5 Å². The van der Waals surface area contributed by atoms with Crippen molar-refractivity contribution in [3.63, 3.8) is 0 Å². The molecule has 3 aromatic rings. The predicted molar refractivity (Wildman–Crippen MR) is 139 cm³/mol. The highest BCUT2D eigenvalue weighted by Gasteiger charge is 2.54. The lowest BCUT2D eigenvalue weighted by molar-refractivity contribution is -0.150. The Hall–Kier alpha value is -3.90. The van der Waals surface area contributed by atoms with E-state index in [2.05, 4.69) is 30.5 Å². The Morgan fingerprint density at radius 2 is 2.16 bits per heavy atom. The van der Waals surface area contributed by atoms with Crippen LogP contribution >= 0.6 is 34.9 Å². The molecule has 2 aliphatic rings. The van der Waals surface area contributed by atoms with Crippen LogP contribution in [0.1, 0.15) is 11.4 Å². The average Bonchev–Trinajstić information content (AvgIpc) is 3.49. The smallest absolute Gasteiger partial charge is 0.352 e. The number of β-lactam (4-membered cyclic amide) rings is 1. The first-order valence-electron chi connectivity index (χ1n) is 10.8. The third kappa shape index (κ3) is 4.61. The van der Waals surface area contributed by atoms with Gasteiger partial charge in [0.25, 0.3) is 23.2 Å². The molecule has 2 aliphatic heterocycles. The molecule has 5 heterocycles. The van der Waals surface area contributed by atoms with Gasteiger partial charge in [0.1, 0.15) is 29.9 Å². The molecule has 5 N–H and O–H groups in total. The number of oxime groups is 1. The number of thiazole rings is 1. The van der Waals surface area contributed by atoms with Gasteiger partial charge in [-0.1, -0.05) is 16.9 Å². The van der Waals surface area contributed by atoms with E-state index >= 15 is 0 Å². The molecular formula is C20H19N9O6S3. The summed E-state index contributed by atoms with van der Waals surface area (Å²) in [4.78, 5) is 68.5. The van der Waals surface area contributed by atoms with Crippen molar-refractivity contribution in [2.45, 2.75) is 23.5 Å². The molecule has 3 aromatic heterocycles. The molecule has 1 fully saturated rings. The molecule has 15 nitrogen and oxygen atoms in total. The summed E-state index contributed by atoms with van der Waals surface area (Å²) in [5.74, 6) is -1.83. The predicted octanol–water partition coefficient (Wildman–Crippen LogP) is -0.354. The highest BCUT2D eigenvalue weighted by Crippen LogP contribution is 2.41. The van der Waals surface area contributed by atoms with Gasteiger partial charge in [0.2, 0.25) is 0 Å². The summed E-state index contributed by atoms with van der Waals surface area (Å²) < 4.78 is 1.20. The van der Waals surface area contributed by atoms with E-state index in [-0.39, 0.29) is 39.3 Å². The average molecular weight is 578 g/mol. The number of nitrogens with zero attached hydrogens (tertiary/aromatic N) is 6. The fourth-order valence-corrected chi connectivity index (χ4v) is 6.76. The number of rotatable bonds is 8. The minimum Gasteiger partial charge on any atom is -0.477 e. The Balaban J connectivity index is 1.32. The zero-order valence-corrected chi connectivity index (χ0v) is 22.1. The minimum absolute atomic E-state index is 0.142. The molecule has 38 heavy (non-hydrogen) atoms. The number of carboxylic acids is 1. The van der Waals surface area contributed by atoms with Crippen molar-refractivity contribution < 1.29 is 24.3 Å². The lowest BCUT2D eigenvalue weighted by Crippen LogP contribution is -2.71. The molecular weight excluding hydrogens is 558 g/mol. The fourth-order valence-electron chi connectivity index (χ4n) is 3.89. The maximum Gasteiger partial charge on any atom is 0.352 e. The quantitative estimate of drug-likeness (QED) is 0.117. The van der Waals surface area contributed by atoms with Crippen LogP contribution in [-0.4, -0.2) is 88.1 Å². The summed E-state index contributed by atoms with van der Waals surface area (Å²) >= 11 is 3.61. The standard InChI is InChI=1S/C20H19N9O6S3/c1-7-3-10(30)29-19(22-7)25-20(26-29)38-5-8-4-36-16-12(15(32)28(16)13(8)17(33)34)24-14(31)11(27-35-2)9-6-37-18(21)23-9/h3,6,12,16H,4-5H2,1-2H3,(H2,21,23)(H,24,31)(H,33,34)(H,22,25,26)/t12-,16-/m1/s1. The van der Waals surface area contributed by atoms with Gasteiger partial charge in [0.05, 0.1) is 0 Å². The van der Waals surface area contributed by atoms with Crippen molar-refractivity contribution in [2.24, 2.45) is 5.16 Å². The van der Waals surface area contributed by atoms with E-state index in [1.165, 1.54) is 51.5 Å². The molecule has 2 amide bonds. The van der Waals surface area contributed by atoms with Crippen molar-refractivity contribution in [2.75, 3.05) is 24.3 Å². The van der Waals surface area contributed by atoms with Crippen LogP contribution in [0.4, 0.5) is 5.13 Å². The second-order valence-corrected chi connectivity index (χ2v) is 11.0. The lowest BCUT2D eigenvalue weighted by atomic mass is 10.0. The number of fused-ring (bicyclic) bond motifs is 2. The van der Waals surface area contributed by atoms with E-state index in [0.717, 1.165) is 11.3 Å². The van der Waals surface area contributed by atoms with E-state index < -0.39 is 29.2 Å². The SMILES string of the molecule is CON=C(C(=O)N[C@@H]1C(=O)N2C(C(=O)O)=C(CSc3nc4nc(C)cc(=O)n4[nH]3)CS[C@H]12)c1csc(N)n1. The Bertz CT molecular complexity index is 1590. The van der Waals surface area contributed by atoms with E-state index in [9.17, 15) is 24.3 Å². The first-order valence-corrected chi connectivity index (χ1v) is 13.7. The third-order valence-electron chi connectivity index (χ3n) is 5.52. The number of carboxylic acid groups (broad SMARTS) is 1. The monoisotopic (exact) mass is 577 g/mol. The van der Waals surface area contributed by atoms with Crippen molar-refractivity contribution in [1.29, 1.82) is 0 Å². The number of nitrogen functional groups attached to an aromatic ring is 1. The Morgan fingerprint density at radius 3 is 2.84 bits per heavy atom. The first kappa shape index (κ1) is 25.7. The molecule has 0 spiro atoms. The zero-order valence-electron chi connectivity index (χ0n) is 19.7. The topological polar surface area (TPSA) is 210 Å². The number of nitrogens with one attached hydrogen (secondary N) is 2. The Kier molecular flexibility index (Phi) is 6.84. The summed E-state index contributed by atoms with van der Waals surface area (Å²) in [6.45, 7) is 1.68. The number of aromatic amines is 1. The molecule has 18 heteroatoms. The van der Waals surface area contributed by atoms with Gasteiger partial charge < -0.3 is 21.0 Å². The van der Waals surface area contributed by atoms with Crippen LogP contribution in [0.5, 0.6) is 0 Å². The summed E-state index contributed by atoms with van der Waals surface area (Å²) in [6, 6.07) is 0.398. The number of aliphatic carboxylic acids is 1. The first-order chi connectivity index (χ1) is 18.2. The largest absolute Gasteiger partial charge is 0.477 e. The summed E-state index contributed by atoms with van der Waals surface area (Å²) in [7, 11) is 1.26. The molecule has 0 unspecified atom stereocenters. The number of nitrogens with two attached hydrogens (primary N) is 1. The zero-order chi connectivity index (χ0) is 27.1. The lowest BCUT2D eigenvalue weighted by Gasteiger charge is -2.49. The molecule has 0 aliphatic carbocycles. The summed E-state index contributed by atoms with van der Waals surface area (Å²) in [5.41, 5.74) is 6.24. The molecule has 1 saturated heterocycles. The number of amides is 2. The highest BCUT2D eigenvalue weighted by atomic mass is 32.2. The van der Waals surface area contributed by atoms with Gasteiger partial charge in [0, 0.05) is 28.6 Å². The van der Waals surface area contributed by atoms with Crippen LogP contribution in [0, 0.1) is 6.92 Å². The molecule has 0 bridgehead atoms. The summed E-state index contributed by atoms with van der Waals surface area (Å²) in [5, 5.41) is 20.6. The van der Waals surface area contributed by atoms with E-state index in [1.807, 2.05) is 0 Å².